The fraction of sp³-hybridized carbons (Fsp3) is 0.227. The van der Waals surface area contributed by atoms with Crippen molar-refractivity contribution in [2.75, 3.05) is 25.0 Å². The Morgan fingerprint density at radius 3 is 2.94 bits per heavy atom. The number of aromatic nitrogens is 4. The normalized spacial score (nSPS) is 16.2. The first-order valence-corrected chi connectivity index (χ1v) is 11.0. The minimum absolute atomic E-state index is 0.0375. The van der Waals surface area contributed by atoms with Crippen LogP contribution in [-0.2, 0) is 16.1 Å². The molecule has 162 valence electrons. The molecule has 32 heavy (non-hydrogen) atoms. The molecule has 0 spiro atoms. The first-order valence-electron chi connectivity index (χ1n) is 10.1. The molecule has 4 heterocycles. The van der Waals surface area contributed by atoms with Gasteiger partial charge in [0.2, 0.25) is 5.91 Å². The van der Waals surface area contributed by atoms with Crippen LogP contribution in [0.5, 0.6) is 0 Å². The molecular weight excluding hydrogens is 428 g/mol. The number of carbonyl (C=O) groups is 2. The number of fused-ring (bicyclic) bond motifs is 1. The molecule has 0 radical (unpaired) electrons. The Hall–Kier alpha value is -3.63. The van der Waals surface area contributed by atoms with Crippen molar-refractivity contribution >= 4 is 39.2 Å². The first-order chi connectivity index (χ1) is 15.7. The number of nitrogens with zero attached hydrogens (tertiary/aromatic N) is 5. The molecule has 1 aliphatic rings. The lowest BCUT2D eigenvalue weighted by Crippen LogP contribution is -2.44. The van der Waals surface area contributed by atoms with Crippen LogP contribution in [0, 0.1) is 0 Å². The summed E-state index contributed by atoms with van der Waals surface area (Å²) in [7, 11) is 0. The summed E-state index contributed by atoms with van der Waals surface area (Å²) in [5.41, 5.74) is 1.80. The number of hydrogen-bond acceptors (Lipinski definition) is 7. The van der Waals surface area contributed by atoms with Crippen LogP contribution >= 0.6 is 11.3 Å². The van der Waals surface area contributed by atoms with Crippen LogP contribution in [0.2, 0.25) is 0 Å². The van der Waals surface area contributed by atoms with E-state index >= 15 is 0 Å². The summed E-state index contributed by atoms with van der Waals surface area (Å²) in [6.45, 7) is 1.43. The van der Waals surface area contributed by atoms with Gasteiger partial charge in [-0.05, 0) is 18.2 Å². The Kier molecular flexibility index (Phi) is 5.61. The lowest BCUT2D eigenvalue weighted by Gasteiger charge is -2.33. The van der Waals surface area contributed by atoms with Gasteiger partial charge in [-0.1, -0.05) is 18.2 Å². The van der Waals surface area contributed by atoms with Gasteiger partial charge >= 0.3 is 0 Å². The number of pyridine rings is 1. The topological polar surface area (TPSA) is 102 Å². The molecule has 1 atom stereocenters. The van der Waals surface area contributed by atoms with Gasteiger partial charge in [-0.15, -0.1) is 11.3 Å². The molecule has 0 unspecified atom stereocenters. The summed E-state index contributed by atoms with van der Waals surface area (Å²) >= 11 is 1.35. The predicted molar refractivity (Wildman–Crippen MR) is 119 cm³/mol. The van der Waals surface area contributed by atoms with Crippen molar-refractivity contribution in [1.29, 1.82) is 0 Å². The quantitative estimate of drug-likeness (QED) is 0.504. The Bertz CT molecular complexity index is 1240. The van der Waals surface area contributed by atoms with Crippen LogP contribution in [0.1, 0.15) is 22.2 Å². The first kappa shape index (κ1) is 20.3. The Morgan fingerprint density at radius 1 is 1.22 bits per heavy atom. The second-order valence-corrected chi connectivity index (χ2v) is 8.20. The van der Waals surface area contributed by atoms with E-state index in [9.17, 15) is 9.59 Å². The molecule has 4 aromatic rings. The third kappa shape index (κ3) is 4.23. The van der Waals surface area contributed by atoms with Crippen molar-refractivity contribution in [3.63, 3.8) is 0 Å². The lowest BCUT2D eigenvalue weighted by molar-refractivity contribution is -0.140. The van der Waals surface area contributed by atoms with E-state index in [1.54, 1.807) is 45.7 Å². The van der Waals surface area contributed by atoms with Gasteiger partial charge in [0.15, 0.2) is 5.13 Å². The van der Waals surface area contributed by atoms with Gasteiger partial charge in [0, 0.05) is 35.9 Å². The molecule has 1 saturated heterocycles. The van der Waals surface area contributed by atoms with Crippen LogP contribution in [0.25, 0.3) is 10.9 Å². The van der Waals surface area contributed by atoms with E-state index in [-0.39, 0.29) is 18.4 Å². The van der Waals surface area contributed by atoms with E-state index < -0.39 is 6.10 Å². The standard InChI is InChI=1S/C22H20N6O3S/c29-20(14-28-8-3-6-24-28)27-9-10-31-19(13-27)18-12-16(15-4-1-2-5-17(15)25-18)21(30)26-22-23-7-11-32-22/h1-8,11-12,19H,9-10,13-14H2,(H,23,26,30)/t19-/m0/s1. The SMILES string of the molecule is O=C(Nc1nccs1)c1cc([C@@H]2CN(C(=O)Cn3cccn3)CCO2)nc2ccccc12. The summed E-state index contributed by atoms with van der Waals surface area (Å²) in [4.78, 5) is 36.4. The fourth-order valence-corrected chi connectivity index (χ4v) is 4.21. The predicted octanol–water partition coefficient (Wildman–Crippen LogP) is 2.74. The number of rotatable bonds is 5. The number of benzene rings is 1. The third-order valence-electron chi connectivity index (χ3n) is 5.24. The monoisotopic (exact) mass is 448 g/mol. The molecule has 3 aromatic heterocycles. The van der Waals surface area contributed by atoms with Gasteiger partial charge in [0.05, 0.1) is 29.9 Å². The molecular formula is C22H20N6O3S. The smallest absolute Gasteiger partial charge is 0.258 e. The van der Waals surface area contributed by atoms with Gasteiger partial charge < -0.3 is 9.64 Å². The van der Waals surface area contributed by atoms with Crippen molar-refractivity contribution in [2.45, 2.75) is 12.6 Å². The Morgan fingerprint density at radius 2 is 2.12 bits per heavy atom. The van der Waals surface area contributed by atoms with Crippen molar-refractivity contribution in [3.05, 3.63) is 71.6 Å². The molecule has 1 N–H and O–H groups in total. The zero-order valence-corrected chi connectivity index (χ0v) is 17.9. The number of ether oxygens (including phenoxy) is 1. The summed E-state index contributed by atoms with van der Waals surface area (Å²) in [5.74, 6) is -0.299. The van der Waals surface area contributed by atoms with Crippen molar-refractivity contribution < 1.29 is 14.3 Å². The number of hydrogen-bond donors (Lipinski definition) is 1. The van der Waals surface area contributed by atoms with Crippen LogP contribution < -0.4 is 5.32 Å². The van der Waals surface area contributed by atoms with Gasteiger partial charge in [0.1, 0.15) is 12.6 Å². The molecule has 1 aliphatic heterocycles. The van der Waals surface area contributed by atoms with Gasteiger partial charge in [-0.25, -0.2) is 9.97 Å². The maximum atomic E-state index is 13.0. The molecule has 0 saturated carbocycles. The maximum Gasteiger partial charge on any atom is 0.258 e. The van der Waals surface area contributed by atoms with Crippen molar-refractivity contribution in [2.24, 2.45) is 0 Å². The van der Waals surface area contributed by atoms with E-state index in [1.165, 1.54) is 11.3 Å². The summed E-state index contributed by atoms with van der Waals surface area (Å²) < 4.78 is 7.55. The average Bonchev–Trinajstić information content (AvgIpc) is 3.53. The minimum Gasteiger partial charge on any atom is -0.368 e. The number of thiazole rings is 1. The van der Waals surface area contributed by atoms with E-state index in [4.69, 9.17) is 9.72 Å². The molecule has 1 aromatic carbocycles. The average molecular weight is 449 g/mol. The van der Waals surface area contributed by atoms with Crippen LogP contribution in [0.4, 0.5) is 5.13 Å². The maximum absolute atomic E-state index is 13.0. The van der Waals surface area contributed by atoms with E-state index in [0.29, 0.717) is 41.6 Å². The Labute approximate surface area is 187 Å². The second-order valence-electron chi connectivity index (χ2n) is 7.31. The minimum atomic E-state index is -0.429. The molecule has 0 bridgehead atoms. The van der Waals surface area contributed by atoms with Crippen molar-refractivity contribution in [1.82, 2.24) is 24.6 Å². The van der Waals surface area contributed by atoms with E-state index in [0.717, 1.165) is 5.39 Å². The summed E-state index contributed by atoms with van der Waals surface area (Å²) in [5, 5.41) is 10.0. The number of amides is 2. The second kappa shape index (κ2) is 8.85. The summed E-state index contributed by atoms with van der Waals surface area (Å²) in [6, 6.07) is 11.0. The van der Waals surface area contributed by atoms with Gasteiger partial charge in [0.25, 0.3) is 5.91 Å². The number of para-hydroxylation sites is 1. The molecule has 9 nitrogen and oxygen atoms in total. The van der Waals surface area contributed by atoms with Crippen LogP contribution in [-0.4, -0.2) is 56.2 Å². The molecule has 1 fully saturated rings. The molecule has 10 heteroatoms. The number of anilines is 1. The highest BCUT2D eigenvalue weighted by Crippen LogP contribution is 2.27. The summed E-state index contributed by atoms with van der Waals surface area (Å²) in [6.07, 6.45) is 4.61. The highest BCUT2D eigenvalue weighted by Gasteiger charge is 2.28. The molecule has 0 aliphatic carbocycles. The molecule has 5 rings (SSSR count). The van der Waals surface area contributed by atoms with Gasteiger partial charge in [-0.3, -0.25) is 19.6 Å². The van der Waals surface area contributed by atoms with E-state index in [1.807, 2.05) is 24.3 Å². The van der Waals surface area contributed by atoms with Crippen molar-refractivity contribution in [3.8, 4) is 0 Å². The van der Waals surface area contributed by atoms with Crippen LogP contribution in [0.15, 0.2) is 60.4 Å². The highest BCUT2D eigenvalue weighted by molar-refractivity contribution is 7.13. The zero-order valence-electron chi connectivity index (χ0n) is 17.0. The number of nitrogens with one attached hydrogen (secondary N) is 1. The third-order valence-corrected chi connectivity index (χ3v) is 5.93. The fourth-order valence-electron chi connectivity index (χ4n) is 3.69. The largest absolute Gasteiger partial charge is 0.368 e. The lowest BCUT2D eigenvalue weighted by atomic mass is 10.0. The number of morpholine rings is 1. The zero-order chi connectivity index (χ0) is 21.9. The Balaban J connectivity index is 1.42. The van der Waals surface area contributed by atoms with Gasteiger partial charge in [-0.2, -0.15) is 5.10 Å². The molecule has 2 amide bonds. The number of carbonyl (C=O) groups excluding carboxylic acids is 2. The highest BCUT2D eigenvalue weighted by atomic mass is 32.1. The van der Waals surface area contributed by atoms with E-state index in [2.05, 4.69) is 15.4 Å². The van der Waals surface area contributed by atoms with Crippen LogP contribution in [0.3, 0.4) is 0 Å².